The first-order chi connectivity index (χ1) is 10.4. The first kappa shape index (κ1) is 14.6. The predicted octanol–water partition coefficient (Wildman–Crippen LogP) is 3.12. The number of hydrogen-bond acceptors (Lipinski definition) is 2. The highest BCUT2D eigenvalue weighted by Gasteiger charge is 2.46. The Kier molecular flexibility index (Phi) is 3.41. The van der Waals surface area contributed by atoms with Gasteiger partial charge in [0.1, 0.15) is 6.04 Å². The molecule has 2 aromatic carbocycles. The summed E-state index contributed by atoms with van der Waals surface area (Å²) in [4.78, 5) is 13.4. The molecule has 1 amide bonds. The fourth-order valence-corrected chi connectivity index (χ4v) is 2.62. The van der Waals surface area contributed by atoms with Crippen LogP contribution in [0.25, 0.3) is 0 Å². The second kappa shape index (κ2) is 5.14. The Bertz CT molecular complexity index is 683. The molecule has 1 saturated heterocycles. The second-order valence-electron chi connectivity index (χ2n) is 5.13. The summed E-state index contributed by atoms with van der Waals surface area (Å²) in [6.45, 7) is 0. The van der Waals surface area contributed by atoms with Crippen LogP contribution in [0.15, 0.2) is 54.6 Å². The Morgan fingerprint density at radius 2 is 1.55 bits per heavy atom. The van der Waals surface area contributed by atoms with E-state index in [-0.39, 0.29) is 11.9 Å². The lowest BCUT2D eigenvalue weighted by Crippen LogP contribution is -2.63. The number of anilines is 1. The van der Waals surface area contributed by atoms with Crippen LogP contribution in [0.4, 0.5) is 18.9 Å². The number of β-lactam (4-membered cyclic amide) rings is 1. The van der Waals surface area contributed by atoms with Gasteiger partial charge in [-0.1, -0.05) is 30.3 Å². The van der Waals surface area contributed by atoms with Crippen LogP contribution in [0, 0.1) is 0 Å². The molecule has 1 heterocycles. The molecule has 6 heteroatoms. The monoisotopic (exact) mass is 306 g/mol. The normalized spacial score (nSPS) is 21.6. The summed E-state index contributed by atoms with van der Waals surface area (Å²) in [6, 6.07) is 12.7. The topological polar surface area (TPSA) is 46.3 Å². The average molecular weight is 306 g/mol. The molecule has 2 aromatic rings. The van der Waals surface area contributed by atoms with Gasteiger partial charge >= 0.3 is 6.18 Å². The zero-order valence-electron chi connectivity index (χ0n) is 11.4. The third-order valence-corrected chi connectivity index (χ3v) is 3.75. The van der Waals surface area contributed by atoms with Gasteiger partial charge in [0.25, 0.3) is 0 Å². The largest absolute Gasteiger partial charge is 0.416 e. The van der Waals surface area contributed by atoms with Gasteiger partial charge in [0.05, 0.1) is 11.6 Å². The van der Waals surface area contributed by atoms with Gasteiger partial charge in [0.2, 0.25) is 5.91 Å². The molecule has 0 spiro atoms. The van der Waals surface area contributed by atoms with Crippen LogP contribution in [0.2, 0.25) is 0 Å². The van der Waals surface area contributed by atoms with Crippen LogP contribution in [0.1, 0.15) is 17.2 Å². The average Bonchev–Trinajstić information content (AvgIpc) is 2.51. The van der Waals surface area contributed by atoms with Crippen molar-refractivity contribution < 1.29 is 18.0 Å². The number of carbonyl (C=O) groups is 1. The van der Waals surface area contributed by atoms with E-state index in [9.17, 15) is 18.0 Å². The van der Waals surface area contributed by atoms with Crippen LogP contribution >= 0.6 is 0 Å². The van der Waals surface area contributed by atoms with Crippen molar-refractivity contribution in [3.05, 3.63) is 65.7 Å². The van der Waals surface area contributed by atoms with Crippen LogP contribution in [0.5, 0.6) is 0 Å². The molecule has 0 bridgehead atoms. The quantitative estimate of drug-likeness (QED) is 0.867. The number of carbonyl (C=O) groups excluding carboxylic acids is 1. The Balaban J connectivity index is 1.91. The van der Waals surface area contributed by atoms with E-state index in [1.807, 2.05) is 30.3 Å². The number of benzene rings is 2. The van der Waals surface area contributed by atoms with Crippen molar-refractivity contribution in [1.29, 1.82) is 0 Å². The van der Waals surface area contributed by atoms with Gasteiger partial charge in [-0.2, -0.15) is 13.2 Å². The van der Waals surface area contributed by atoms with E-state index in [1.165, 1.54) is 17.0 Å². The van der Waals surface area contributed by atoms with Gasteiger partial charge in [-0.05, 0) is 29.8 Å². The molecule has 1 fully saturated rings. The van der Waals surface area contributed by atoms with Crippen molar-refractivity contribution in [2.45, 2.75) is 18.3 Å². The second-order valence-corrected chi connectivity index (χ2v) is 5.13. The summed E-state index contributed by atoms with van der Waals surface area (Å²) < 4.78 is 37.8. The standard InChI is InChI=1S/C16H13F3N2O/c17-16(18,19)11-6-8-12(9-7-11)21-14(13(20)15(21)22)10-4-2-1-3-5-10/h1-9,13-14H,20H2/t13-,14+/m0/s1. The van der Waals surface area contributed by atoms with E-state index < -0.39 is 17.8 Å². The summed E-state index contributed by atoms with van der Waals surface area (Å²) >= 11 is 0. The Morgan fingerprint density at radius 1 is 0.955 bits per heavy atom. The summed E-state index contributed by atoms with van der Waals surface area (Å²) in [7, 11) is 0. The summed E-state index contributed by atoms with van der Waals surface area (Å²) in [5, 5.41) is 0. The smallest absolute Gasteiger partial charge is 0.318 e. The van der Waals surface area contributed by atoms with E-state index in [0.29, 0.717) is 5.69 Å². The lowest BCUT2D eigenvalue weighted by molar-refractivity contribution is -0.137. The number of nitrogens with zero attached hydrogens (tertiary/aromatic N) is 1. The van der Waals surface area contributed by atoms with Gasteiger partial charge in [-0.25, -0.2) is 0 Å². The zero-order valence-corrected chi connectivity index (χ0v) is 11.4. The molecule has 2 atom stereocenters. The summed E-state index contributed by atoms with van der Waals surface area (Å²) in [6.07, 6.45) is -4.40. The highest BCUT2D eigenvalue weighted by molar-refractivity contribution is 6.05. The molecule has 0 radical (unpaired) electrons. The maximum Gasteiger partial charge on any atom is 0.416 e. The first-order valence-electron chi connectivity index (χ1n) is 6.70. The Morgan fingerprint density at radius 3 is 2.09 bits per heavy atom. The van der Waals surface area contributed by atoms with Gasteiger partial charge in [0.15, 0.2) is 0 Å². The molecular formula is C16H13F3N2O. The minimum atomic E-state index is -4.40. The lowest BCUT2D eigenvalue weighted by atomic mass is 9.88. The molecule has 0 aromatic heterocycles. The van der Waals surface area contributed by atoms with E-state index >= 15 is 0 Å². The minimum absolute atomic E-state index is 0.298. The maximum atomic E-state index is 12.6. The molecule has 0 aliphatic carbocycles. The van der Waals surface area contributed by atoms with E-state index in [4.69, 9.17) is 5.73 Å². The maximum absolute atomic E-state index is 12.6. The fraction of sp³-hybridized carbons (Fsp3) is 0.188. The highest BCUT2D eigenvalue weighted by atomic mass is 19.4. The summed E-state index contributed by atoms with van der Waals surface area (Å²) in [5.41, 5.74) is 6.38. The van der Waals surface area contributed by atoms with Crippen molar-refractivity contribution in [2.24, 2.45) is 5.73 Å². The first-order valence-corrected chi connectivity index (χ1v) is 6.70. The molecule has 2 N–H and O–H groups in total. The summed E-state index contributed by atoms with van der Waals surface area (Å²) in [5.74, 6) is -0.298. The zero-order chi connectivity index (χ0) is 15.9. The lowest BCUT2D eigenvalue weighted by Gasteiger charge is -2.45. The van der Waals surface area contributed by atoms with Crippen LogP contribution < -0.4 is 10.6 Å². The van der Waals surface area contributed by atoms with E-state index in [2.05, 4.69) is 0 Å². The van der Waals surface area contributed by atoms with E-state index in [1.54, 1.807) is 0 Å². The SMILES string of the molecule is N[C@@H]1C(=O)N(c2ccc(C(F)(F)F)cc2)[C@@H]1c1ccccc1. The number of alkyl halides is 3. The predicted molar refractivity (Wildman–Crippen MR) is 76.1 cm³/mol. The number of amides is 1. The van der Waals surface area contributed by atoms with Gasteiger partial charge in [0, 0.05) is 5.69 Å². The molecule has 0 saturated carbocycles. The molecule has 1 aliphatic heterocycles. The molecule has 22 heavy (non-hydrogen) atoms. The minimum Gasteiger partial charge on any atom is -0.318 e. The van der Waals surface area contributed by atoms with Crippen molar-refractivity contribution >= 4 is 11.6 Å². The van der Waals surface area contributed by atoms with Crippen molar-refractivity contribution in [3.63, 3.8) is 0 Å². The van der Waals surface area contributed by atoms with Crippen LogP contribution in [-0.4, -0.2) is 11.9 Å². The Hall–Kier alpha value is -2.34. The Labute approximate surface area is 125 Å². The van der Waals surface area contributed by atoms with Crippen molar-refractivity contribution in [3.8, 4) is 0 Å². The number of rotatable bonds is 2. The van der Waals surface area contributed by atoms with Gasteiger partial charge < -0.3 is 10.6 Å². The van der Waals surface area contributed by atoms with Crippen LogP contribution in [0.3, 0.4) is 0 Å². The third kappa shape index (κ3) is 2.35. The van der Waals surface area contributed by atoms with Gasteiger partial charge in [-0.3, -0.25) is 4.79 Å². The van der Waals surface area contributed by atoms with Crippen LogP contribution in [-0.2, 0) is 11.0 Å². The van der Waals surface area contributed by atoms with Crippen molar-refractivity contribution in [2.75, 3.05) is 4.90 Å². The molecule has 114 valence electrons. The third-order valence-electron chi connectivity index (χ3n) is 3.75. The molecule has 0 unspecified atom stereocenters. The number of hydrogen-bond donors (Lipinski definition) is 1. The van der Waals surface area contributed by atoms with Gasteiger partial charge in [-0.15, -0.1) is 0 Å². The molecule has 3 rings (SSSR count). The molecular weight excluding hydrogens is 293 g/mol. The number of nitrogens with two attached hydrogens (primary N) is 1. The molecule has 3 nitrogen and oxygen atoms in total. The number of halogens is 3. The molecule has 1 aliphatic rings. The fourth-order valence-electron chi connectivity index (χ4n) is 2.62. The van der Waals surface area contributed by atoms with E-state index in [0.717, 1.165) is 17.7 Å². The van der Waals surface area contributed by atoms with Crippen molar-refractivity contribution in [1.82, 2.24) is 0 Å². The highest BCUT2D eigenvalue weighted by Crippen LogP contribution is 2.39.